The Morgan fingerprint density at radius 2 is 2.03 bits per heavy atom. The van der Waals surface area contributed by atoms with Gasteiger partial charge in [-0.1, -0.05) is 6.07 Å². The minimum Gasteiger partial charge on any atom is -0.370 e. The number of likely N-dealkylation sites (tertiary alicyclic amines) is 1. The van der Waals surface area contributed by atoms with Crippen molar-refractivity contribution in [1.29, 1.82) is 5.26 Å². The Hall–Kier alpha value is -3.22. The number of ether oxygens (including phenoxy) is 2. The fourth-order valence-corrected chi connectivity index (χ4v) is 6.73. The zero-order valence-corrected chi connectivity index (χ0v) is 21.8. The van der Waals surface area contributed by atoms with Gasteiger partial charge in [0.05, 0.1) is 31.3 Å². The number of benzene rings is 2. The van der Waals surface area contributed by atoms with E-state index in [-0.39, 0.29) is 24.0 Å². The third kappa shape index (κ3) is 4.11. The van der Waals surface area contributed by atoms with Crippen LogP contribution >= 0.6 is 0 Å². The molecule has 0 unspecified atom stereocenters. The van der Waals surface area contributed by atoms with E-state index in [1.54, 1.807) is 6.07 Å². The number of nitrogens with zero attached hydrogens (tertiary/aromatic N) is 5. The maximum Gasteiger partial charge on any atom is 0.119 e. The lowest BCUT2D eigenvalue weighted by Crippen LogP contribution is -2.62. The molecule has 3 fully saturated rings. The summed E-state index contributed by atoms with van der Waals surface area (Å²) >= 11 is 0. The van der Waals surface area contributed by atoms with Crippen molar-refractivity contribution in [1.82, 2.24) is 15.2 Å². The smallest absolute Gasteiger partial charge is 0.119 e. The first-order chi connectivity index (χ1) is 19.0. The number of fused-ring (bicyclic) bond motifs is 3. The second-order valence-electron chi connectivity index (χ2n) is 11.1. The van der Waals surface area contributed by atoms with Gasteiger partial charge in [-0.15, -0.1) is 0 Å². The SMILES string of the molecule is [2H]c1ccc2c(N3C[C@H](CN4CC5(C4)OCc4cc(N6CCNCC6)ccc45)O[C@H](C)C3)ccc(C#N)c2n1. The quantitative estimate of drug-likeness (QED) is 0.573. The molecule has 7 rings (SSSR count). The van der Waals surface area contributed by atoms with Gasteiger partial charge in [0.25, 0.3) is 0 Å². The fraction of sp³-hybridized carbons (Fsp3) is 0.467. The fourth-order valence-electron chi connectivity index (χ4n) is 6.73. The topological polar surface area (TPSA) is 76.9 Å². The number of piperazine rings is 1. The van der Waals surface area contributed by atoms with Crippen molar-refractivity contribution >= 4 is 22.3 Å². The Kier molecular flexibility index (Phi) is 5.69. The molecule has 4 aliphatic rings. The lowest BCUT2D eigenvalue weighted by Gasteiger charge is -2.50. The van der Waals surface area contributed by atoms with Crippen LogP contribution in [0.5, 0.6) is 0 Å². The van der Waals surface area contributed by atoms with Gasteiger partial charge in [0.1, 0.15) is 11.7 Å². The summed E-state index contributed by atoms with van der Waals surface area (Å²) in [6.45, 7) is 11.1. The van der Waals surface area contributed by atoms with Gasteiger partial charge in [-0.25, -0.2) is 0 Å². The Morgan fingerprint density at radius 1 is 1.16 bits per heavy atom. The first-order valence-electron chi connectivity index (χ1n) is 14.2. The Balaban J connectivity index is 1.04. The highest BCUT2D eigenvalue weighted by molar-refractivity contribution is 5.95. The Morgan fingerprint density at radius 3 is 2.87 bits per heavy atom. The molecule has 0 amide bonds. The second-order valence-corrected chi connectivity index (χ2v) is 11.1. The van der Waals surface area contributed by atoms with Crippen LogP contribution < -0.4 is 15.1 Å². The summed E-state index contributed by atoms with van der Waals surface area (Å²) in [5, 5.41) is 13.9. The number of nitrogens with one attached hydrogen (secondary N) is 1. The highest BCUT2D eigenvalue weighted by Crippen LogP contribution is 2.44. The van der Waals surface area contributed by atoms with Crippen molar-refractivity contribution in [3.8, 4) is 6.07 Å². The van der Waals surface area contributed by atoms with Crippen LogP contribution in [0.15, 0.2) is 48.6 Å². The van der Waals surface area contributed by atoms with Crippen LogP contribution in [0.4, 0.5) is 11.4 Å². The number of pyridine rings is 1. The molecule has 3 saturated heterocycles. The number of hydrogen-bond acceptors (Lipinski definition) is 8. The molecule has 3 aromatic rings. The lowest BCUT2D eigenvalue weighted by molar-refractivity contribution is -0.155. The van der Waals surface area contributed by atoms with Crippen molar-refractivity contribution in [3.05, 3.63) is 65.3 Å². The van der Waals surface area contributed by atoms with Gasteiger partial charge in [-0.3, -0.25) is 9.88 Å². The average Bonchev–Trinajstić information content (AvgIpc) is 3.31. The molecule has 0 radical (unpaired) electrons. The summed E-state index contributed by atoms with van der Waals surface area (Å²) in [5.74, 6) is 0. The highest BCUT2D eigenvalue weighted by Gasteiger charge is 2.50. The molecule has 1 spiro atoms. The van der Waals surface area contributed by atoms with E-state index in [4.69, 9.17) is 10.8 Å². The number of hydrogen-bond donors (Lipinski definition) is 1. The highest BCUT2D eigenvalue weighted by atomic mass is 16.5. The van der Waals surface area contributed by atoms with Crippen LogP contribution in [-0.2, 0) is 21.7 Å². The minimum absolute atomic E-state index is 0.0659. The van der Waals surface area contributed by atoms with E-state index in [0.717, 1.165) is 70.0 Å². The van der Waals surface area contributed by atoms with Crippen molar-refractivity contribution < 1.29 is 10.8 Å². The maximum atomic E-state index is 9.56. The monoisotopic (exact) mass is 511 g/mol. The summed E-state index contributed by atoms with van der Waals surface area (Å²) < 4.78 is 20.7. The molecule has 8 nitrogen and oxygen atoms in total. The molecular weight excluding hydrogens is 476 g/mol. The number of anilines is 2. The maximum absolute atomic E-state index is 9.56. The van der Waals surface area contributed by atoms with Crippen LogP contribution in [0.1, 0.15) is 25.0 Å². The van der Waals surface area contributed by atoms with Crippen LogP contribution in [0, 0.1) is 11.3 Å². The molecule has 5 heterocycles. The zero-order valence-electron chi connectivity index (χ0n) is 22.8. The van der Waals surface area contributed by atoms with E-state index in [1.807, 2.05) is 18.2 Å². The van der Waals surface area contributed by atoms with Crippen molar-refractivity contribution in [2.75, 3.05) is 68.7 Å². The van der Waals surface area contributed by atoms with Crippen LogP contribution in [-0.4, -0.2) is 81.0 Å². The van der Waals surface area contributed by atoms with Crippen LogP contribution in [0.25, 0.3) is 10.9 Å². The lowest BCUT2D eigenvalue weighted by atomic mass is 9.84. The molecular formula is C30H34N6O2. The van der Waals surface area contributed by atoms with E-state index in [1.165, 1.54) is 16.8 Å². The second kappa shape index (κ2) is 9.51. The van der Waals surface area contributed by atoms with Gasteiger partial charge in [0.15, 0.2) is 0 Å². The van der Waals surface area contributed by atoms with Crippen LogP contribution in [0.3, 0.4) is 0 Å². The van der Waals surface area contributed by atoms with Gasteiger partial charge >= 0.3 is 0 Å². The van der Waals surface area contributed by atoms with Gasteiger partial charge in [0.2, 0.25) is 0 Å². The number of rotatable bonds is 4. The molecule has 0 aliphatic carbocycles. The minimum atomic E-state index is -0.194. The summed E-state index contributed by atoms with van der Waals surface area (Å²) in [6.07, 6.45) is 0.322. The molecule has 2 atom stereocenters. The predicted octanol–water partition coefficient (Wildman–Crippen LogP) is 2.85. The van der Waals surface area contributed by atoms with E-state index >= 15 is 0 Å². The molecule has 4 aliphatic heterocycles. The first kappa shape index (κ1) is 22.7. The largest absolute Gasteiger partial charge is 0.370 e. The number of nitriles is 1. The summed E-state index contributed by atoms with van der Waals surface area (Å²) in [4.78, 5) is 11.6. The molecule has 1 N–H and O–H groups in total. The van der Waals surface area contributed by atoms with E-state index in [0.29, 0.717) is 17.7 Å². The van der Waals surface area contributed by atoms with Crippen molar-refractivity contribution in [2.45, 2.75) is 31.3 Å². The van der Waals surface area contributed by atoms with Gasteiger partial charge in [-0.05, 0) is 54.4 Å². The standard InChI is InChI=1S/C30H34N6O2/c1-21-15-36(28-7-4-22(14-31)29-26(28)3-2-8-33-29)17-25(38-21)16-34-19-30(20-34)27-6-5-24(13-23(27)18-37-30)35-11-9-32-10-12-35/h2-8,13,21,25,32H,9-12,15-20H2,1H3/t21-,25+/m1/s1/i8D. The average molecular weight is 512 g/mol. The van der Waals surface area contributed by atoms with Gasteiger partial charge < -0.3 is 24.6 Å². The Labute approximate surface area is 225 Å². The molecule has 0 saturated carbocycles. The summed E-state index contributed by atoms with van der Waals surface area (Å²) in [7, 11) is 0. The molecule has 196 valence electrons. The summed E-state index contributed by atoms with van der Waals surface area (Å²) in [5.41, 5.74) is 5.94. The normalized spacial score (nSPS) is 25.2. The number of morpholine rings is 1. The zero-order chi connectivity index (χ0) is 26.6. The van der Waals surface area contributed by atoms with Crippen molar-refractivity contribution in [2.24, 2.45) is 0 Å². The number of aromatic nitrogens is 1. The first-order valence-corrected chi connectivity index (χ1v) is 13.7. The Bertz CT molecular complexity index is 1450. The van der Waals surface area contributed by atoms with Gasteiger partial charge in [0, 0.05) is 81.8 Å². The van der Waals surface area contributed by atoms with E-state index in [9.17, 15) is 5.26 Å². The third-order valence-corrected chi connectivity index (χ3v) is 8.47. The summed E-state index contributed by atoms with van der Waals surface area (Å²) in [6, 6.07) is 16.6. The van der Waals surface area contributed by atoms with Gasteiger partial charge in [-0.2, -0.15) is 5.26 Å². The van der Waals surface area contributed by atoms with Crippen molar-refractivity contribution in [3.63, 3.8) is 0 Å². The predicted molar refractivity (Wildman–Crippen MR) is 147 cm³/mol. The molecule has 8 heteroatoms. The van der Waals surface area contributed by atoms with E-state index in [2.05, 4.69) is 56.2 Å². The van der Waals surface area contributed by atoms with Crippen LogP contribution in [0.2, 0.25) is 0 Å². The molecule has 2 aromatic carbocycles. The molecule has 1 aromatic heterocycles. The third-order valence-electron chi connectivity index (χ3n) is 8.47. The van der Waals surface area contributed by atoms with E-state index < -0.39 is 0 Å². The molecule has 38 heavy (non-hydrogen) atoms. The molecule has 0 bridgehead atoms.